The van der Waals surface area contributed by atoms with Gasteiger partial charge in [-0.25, -0.2) is 18.4 Å². The van der Waals surface area contributed by atoms with E-state index in [4.69, 9.17) is 14.7 Å². The second-order valence-corrected chi connectivity index (χ2v) is 12.4. The Balaban J connectivity index is 1.51. The van der Waals surface area contributed by atoms with Crippen LogP contribution in [0.25, 0.3) is 21.6 Å². The average Bonchev–Trinajstić information content (AvgIpc) is 3.27. The number of rotatable bonds is 6. The summed E-state index contributed by atoms with van der Waals surface area (Å²) in [6, 6.07) is 8.34. The van der Waals surface area contributed by atoms with Gasteiger partial charge in [0.1, 0.15) is 0 Å². The summed E-state index contributed by atoms with van der Waals surface area (Å²) < 4.78 is 32.0. The third kappa shape index (κ3) is 5.30. The highest BCUT2D eigenvalue weighted by Gasteiger charge is 2.25. The Hall–Kier alpha value is -2.44. The number of aryl methyl sites for hydroxylation is 1. The number of benzene rings is 1. The molecule has 5 rings (SSSR count). The number of fused-ring (bicyclic) bond motifs is 1. The van der Waals surface area contributed by atoms with Gasteiger partial charge in [-0.2, -0.15) is 4.31 Å². The number of ether oxygens (including phenoxy) is 1. The summed E-state index contributed by atoms with van der Waals surface area (Å²) in [5, 5.41) is 0. The number of sulfonamides is 1. The molecule has 0 N–H and O–H groups in total. The second kappa shape index (κ2) is 10.5. The molecule has 0 spiro atoms. The molecular weight excluding hydrogens is 496 g/mol. The summed E-state index contributed by atoms with van der Waals surface area (Å²) in [7, 11) is -1.36. The van der Waals surface area contributed by atoms with E-state index in [2.05, 4.69) is 39.9 Å². The molecule has 11 heteroatoms. The lowest BCUT2D eigenvalue weighted by atomic mass is 10.0. The molecule has 0 bridgehead atoms. The molecule has 192 valence electrons. The van der Waals surface area contributed by atoms with Crippen LogP contribution in [0.5, 0.6) is 0 Å². The van der Waals surface area contributed by atoms with E-state index in [1.54, 1.807) is 22.7 Å². The van der Waals surface area contributed by atoms with Gasteiger partial charge in [0.15, 0.2) is 11.6 Å². The Labute approximate surface area is 216 Å². The van der Waals surface area contributed by atoms with Gasteiger partial charge in [0.2, 0.25) is 10.0 Å². The summed E-state index contributed by atoms with van der Waals surface area (Å²) in [6.45, 7) is 8.30. The second-order valence-electron chi connectivity index (χ2n) is 9.26. The number of piperazine rings is 1. The Morgan fingerprint density at radius 1 is 1.11 bits per heavy atom. The van der Waals surface area contributed by atoms with E-state index in [0.29, 0.717) is 32.1 Å². The Morgan fingerprint density at radius 2 is 1.86 bits per heavy atom. The molecule has 0 unspecified atom stereocenters. The monoisotopic (exact) mass is 528 g/mol. The molecule has 0 amide bonds. The molecule has 0 aliphatic carbocycles. The van der Waals surface area contributed by atoms with Gasteiger partial charge in [0.05, 0.1) is 29.7 Å². The molecule has 36 heavy (non-hydrogen) atoms. The number of hydrogen-bond acceptors (Lipinski definition) is 9. The van der Waals surface area contributed by atoms with Crippen LogP contribution in [0.2, 0.25) is 0 Å². The van der Waals surface area contributed by atoms with Gasteiger partial charge >= 0.3 is 0 Å². The van der Waals surface area contributed by atoms with E-state index in [-0.39, 0.29) is 0 Å². The predicted molar refractivity (Wildman–Crippen MR) is 146 cm³/mol. The summed E-state index contributed by atoms with van der Waals surface area (Å²) in [5.74, 6) is 1.66. The highest BCUT2D eigenvalue weighted by Crippen LogP contribution is 2.36. The first-order valence-corrected chi connectivity index (χ1v) is 14.8. The maximum absolute atomic E-state index is 11.9. The maximum atomic E-state index is 11.9. The van der Waals surface area contributed by atoms with Crippen LogP contribution >= 0.6 is 11.3 Å². The van der Waals surface area contributed by atoms with Crippen molar-refractivity contribution in [1.29, 1.82) is 0 Å². The first kappa shape index (κ1) is 25.2. The Morgan fingerprint density at radius 3 is 2.56 bits per heavy atom. The molecule has 9 nitrogen and oxygen atoms in total. The van der Waals surface area contributed by atoms with Gasteiger partial charge in [-0.1, -0.05) is 18.2 Å². The minimum atomic E-state index is -3.14. The number of thiophene rings is 1. The van der Waals surface area contributed by atoms with E-state index in [0.717, 1.165) is 65.4 Å². The van der Waals surface area contributed by atoms with Gasteiger partial charge in [-0.3, -0.25) is 9.89 Å². The summed E-state index contributed by atoms with van der Waals surface area (Å²) >= 11 is 1.73. The smallest absolute Gasteiger partial charge is 0.211 e. The van der Waals surface area contributed by atoms with Crippen molar-refractivity contribution in [1.82, 2.24) is 19.2 Å². The van der Waals surface area contributed by atoms with Crippen molar-refractivity contribution in [3.05, 3.63) is 40.3 Å². The van der Waals surface area contributed by atoms with Crippen molar-refractivity contribution in [2.45, 2.75) is 13.5 Å². The van der Waals surface area contributed by atoms with Gasteiger partial charge in [0.25, 0.3) is 0 Å². The lowest BCUT2D eigenvalue weighted by Crippen LogP contribution is -2.47. The van der Waals surface area contributed by atoms with Crippen molar-refractivity contribution < 1.29 is 13.2 Å². The van der Waals surface area contributed by atoms with Crippen molar-refractivity contribution in [3.8, 4) is 11.4 Å². The molecule has 0 radical (unpaired) electrons. The number of morpholine rings is 1. The molecule has 2 aromatic heterocycles. The lowest BCUT2D eigenvalue weighted by Gasteiger charge is -2.32. The minimum Gasteiger partial charge on any atom is -0.378 e. The van der Waals surface area contributed by atoms with E-state index in [9.17, 15) is 8.42 Å². The van der Waals surface area contributed by atoms with Gasteiger partial charge in [-0.15, -0.1) is 11.3 Å². The third-order valence-electron chi connectivity index (χ3n) is 6.72. The Kier molecular flexibility index (Phi) is 7.36. The summed E-state index contributed by atoms with van der Waals surface area (Å²) in [5.41, 5.74) is 4.08. The topological polar surface area (TPSA) is 91.2 Å². The largest absolute Gasteiger partial charge is 0.378 e. The zero-order valence-corrected chi connectivity index (χ0v) is 22.6. The van der Waals surface area contributed by atoms with Crippen LogP contribution in [0.15, 0.2) is 29.3 Å². The van der Waals surface area contributed by atoms with Crippen LogP contribution in [-0.4, -0.2) is 99.6 Å². The van der Waals surface area contributed by atoms with Crippen LogP contribution < -0.4 is 4.90 Å². The number of aliphatic imine (C=N–C) groups is 1. The van der Waals surface area contributed by atoms with Gasteiger partial charge in [0, 0.05) is 75.1 Å². The van der Waals surface area contributed by atoms with Crippen LogP contribution in [0.3, 0.4) is 0 Å². The van der Waals surface area contributed by atoms with Crippen molar-refractivity contribution in [2.24, 2.45) is 4.99 Å². The fourth-order valence-corrected chi connectivity index (χ4v) is 6.75. The highest BCUT2D eigenvalue weighted by atomic mass is 32.2. The number of nitrogens with zero attached hydrogens (tertiary/aromatic N) is 6. The minimum absolute atomic E-state index is 0.530. The number of aromatic nitrogens is 2. The maximum Gasteiger partial charge on any atom is 0.211 e. The number of hydrogen-bond donors (Lipinski definition) is 0. The molecule has 0 atom stereocenters. The molecule has 4 heterocycles. The van der Waals surface area contributed by atoms with E-state index in [1.807, 2.05) is 12.3 Å². The first-order chi connectivity index (χ1) is 17.3. The van der Waals surface area contributed by atoms with Gasteiger partial charge in [-0.05, 0) is 18.6 Å². The SMILES string of the molecule is CN=Cc1c(C)cccc1-c1nc(N2CCOCC2)c2sc(CN3CCN(S(C)(=O)=O)CC3)cc2n1. The summed E-state index contributed by atoms with van der Waals surface area (Å²) in [6.07, 6.45) is 3.16. The van der Waals surface area contributed by atoms with Crippen LogP contribution in [0.4, 0.5) is 5.82 Å². The Bertz CT molecular complexity index is 1370. The molecular formula is C25H32N6O3S2. The standard InChI is InChI=1S/C25H32N6O3S2/c1-18-5-4-6-20(21(18)16-26-2)24-27-22-15-19(17-29-7-9-31(10-8-29)36(3,32)33)35-23(22)25(28-24)30-11-13-34-14-12-30/h4-6,15-16H,7-14,17H2,1-3H3. The van der Waals surface area contributed by atoms with E-state index < -0.39 is 10.0 Å². The van der Waals surface area contributed by atoms with E-state index >= 15 is 0 Å². The lowest BCUT2D eigenvalue weighted by molar-refractivity contribution is 0.122. The van der Waals surface area contributed by atoms with Crippen molar-refractivity contribution in [3.63, 3.8) is 0 Å². The van der Waals surface area contributed by atoms with Gasteiger partial charge < -0.3 is 9.64 Å². The fourth-order valence-electron chi connectivity index (χ4n) is 4.77. The van der Waals surface area contributed by atoms with Crippen LogP contribution in [0, 0.1) is 6.92 Å². The molecule has 1 aromatic carbocycles. The third-order valence-corrected chi connectivity index (χ3v) is 9.13. The highest BCUT2D eigenvalue weighted by molar-refractivity contribution is 7.88. The summed E-state index contributed by atoms with van der Waals surface area (Å²) in [4.78, 5) is 20.2. The zero-order chi connectivity index (χ0) is 25.3. The van der Waals surface area contributed by atoms with Crippen LogP contribution in [-0.2, 0) is 21.3 Å². The predicted octanol–water partition coefficient (Wildman–Crippen LogP) is 2.63. The van der Waals surface area contributed by atoms with Crippen LogP contribution in [0.1, 0.15) is 16.0 Å². The zero-order valence-electron chi connectivity index (χ0n) is 21.0. The molecule has 0 saturated carbocycles. The quantitative estimate of drug-likeness (QED) is 0.454. The normalized spacial score (nSPS) is 18.5. The van der Waals surface area contributed by atoms with E-state index in [1.165, 1.54) is 11.1 Å². The first-order valence-electron chi connectivity index (χ1n) is 12.2. The molecule has 2 aliphatic heterocycles. The molecule has 2 fully saturated rings. The molecule has 2 aliphatic rings. The van der Waals surface area contributed by atoms with Crippen molar-refractivity contribution >= 4 is 43.6 Å². The average molecular weight is 529 g/mol. The van der Waals surface area contributed by atoms with Crippen molar-refractivity contribution in [2.75, 3.05) is 70.7 Å². The molecule has 3 aromatic rings. The molecule has 2 saturated heterocycles. The fraction of sp³-hybridized carbons (Fsp3) is 0.480. The number of anilines is 1.